The van der Waals surface area contributed by atoms with Crippen molar-refractivity contribution in [3.8, 4) is 11.3 Å². The lowest BCUT2D eigenvalue weighted by Gasteiger charge is -2.36. The number of nitrogens with one attached hydrogen (secondary N) is 1. The van der Waals surface area contributed by atoms with Gasteiger partial charge >= 0.3 is 6.18 Å². The third kappa shape index (κ3) is 4.25. The molecule has 1 amide bonds. The monoisotopic (exact) mass is 476 g/mol. The highest BCUT2D eigenvalue weighted by Gasteiger charge is 2.59. The molecule has 0 aliphatic carbocycles. The molecule has 0 radical (unpaired) electrons. The number of aryl methyl sites for hydroxylation is 1. The van der Waals surface area contributed by atoms with Crippen LogP contribution in [0.1, 0.15) is 24.7 Å². The SMILES string of the molecule is CCC(O)(C(=O)N1CCn2c(nc(-c3ccc(F)cc3)c2Nc2ccc(C)cc2)C1)C(F)(F)F. The van der Waals surface area contributed by atoms with E-state index in [0.29, 0.717) is 22.9 Å². The number of alkyl halides is 3. The van der Waals surface area contributed by atoms with Crippen LogP contribution in [0.3, 0.4) is 0 Å². The number of imidazole rings is 1. The van der Waals surface area contributed by atoms with Gasteiger partial charge in [0, 0.05) is 24.3 Å². The summed E-state index contributed by atoms with van der Waals surface area (Å²) < 4.78 is 55.6. The zero-order valence-electron chi connectivity index (χ0n) is 18.7. The fourth-order valence-electron chi connectivity index (χ4n) is 3.95. The Labute approximate surface area is 193 Å². The Hall–Kier alpha value is -3.40. The molecule has 2 aromatic carbocycles. The second-order valence-electron chi connectivity index (χ2n) is 8.31. The molecule has 6 nitrogen and oxygen atoms in total. The molecule has 0 saturated heterocycles. The fourth-order valence-corrected chi connectivity index (χ4v) is 3.95. The highest BCUT2D eigenvalue weighted by atomic mass is 19.4. The molecule has 180 valence electrons. The molecule has 0 spiro atoms. The molecule has 1 unspecified atom stereocenters. The number of rotatable bonds is 5. The number of amides is 1. The molecule has 1 aliphatic rings. The van der Waals surface area contributed by atoms with Crippen molar-refractivity contribution in [1.82, 2.24) is 14.5 Å². The maximum absolute atomic E-state index is 13.5. The molecule has 0 saturated carbocycles. The van der Waals surface area contributed by atoms with Crippen LogP contribution in [0, 0.1) is 12.7 Å². The molecule has 2 heterocycles. The highest BCUT2D eigenvalue weighted by molar-refractivity contribution is 5.86. The molecular weight excluding hydrogens is 452 g/mol. The summed E-state index contributed by atoms with van der Waals surface area (Å²) in [4.78, 5) is 18.3. The minimum absolute atomic E-state index is 0.0357. The van der Waals surface area contributed by atoms with E-state index in [1.165, 1.54) is 12.1 Å². The summed E-state index contributed by atoms with van der Waals surface area (Å²) in [7, 11) is 0. The summed E-state index contributed by atoms with van der Waals surface area (Å²) in [6.45, 7) is 3.00. The van der Waals surface area contributed by atoms with Crippen molar-refractivity contribution in [3.63, 3.8) is 0 Å². The van der Waals surface area contributed by atoms with Gasteiger partial charge in [-0.05, 0) is 49.7 Å². The van der Waals surface area contributed by atoms with E-state index in [-0.39, 0.29) is 19.6 Å². The van der Waals surface area contributed by atoms with Crippen molar-refractivity contribution >= 4 is 17.4 Å². The molecule has 3 aromatic rings. The summed E-state index contributed by atoms with van der Waals surface area (Å²) in [5, 5.41) is 13.4. The van der Waals surface area contributed by atoms with Crippen molar-refractivity contribution in [2.75, 3.05) is 11.9 Å². The zero-order valence-corrected chi connectivity index (χ0v) is 18.7. The van der Waals surface area contributed by atoms with E-state index in [2.05, 4.69) is 10.3 Å². The smallest absolute Gasteiger partial charge is 0.373 e. The summed E-state index contributed by atoms with van der Waals surface area (Å²) in [5.74, 6) is -0.870. The molecule has 0 fully saturated rings. The number of benzene rings is 2. The summed E-state index contributed by atoms with van der Waals surface area (Å²) in [6.07, 6.45) is -5.88. The molecule has 1 aromatic heterocycles. The lowest BCUT2D eigenvalue weighted by Crippen LogP contribution is -2.58. The van der Waals surface area contributed by atoms with E-state index >= 15 is 0 Å². The first-order valence-corrected chi connectivity index (χ1v) is 10.8. The summed E-state index contributed by atoms with van der Waals surface area (Å²) >= 11 is 0. The minimum atomic E-state index is -5.09. The maximum atomic E-state index is 13.5. The van der Waals surface area contributed by atoms with Crippen molar-refractivity contribution in [2.45, 2.75) is 45.1 Å². The molecule has 2 N–H and O–H groups in total. The zero-order chi connectivity index (χ0) is 24.7. The van der Waals surface area contributed by atoms with Crippen LogP contribution in [0.5, 0.6) is 0 Å². The van der Waals surface area contributed by atoms with Gasteiger partial charge in [0.1, 0.15) is 23.2 Å². The third-order valence-electron chi connectivity index (χ3n) is 6.03. The van der Waals surface area contributed by atoms with Crippen LogP contribution < -0.4 is 5.32 Å². The minimum Gasteiger partial charge on any atom is -0.373 e. The standard InChI is InChI=1S/C24H24F4N4O2/c1-3-23(34,24(26,27)28)22(33)31-12-13-32-19(14-31)30-20(16-6-8-17(25)9-7-16)21(32)29-18-10-4-15(2)5-11-18/h4-11,29,34H,3,12-14H2,1-2H3. The van der Waals surface area contributed by atoms with E-state index in [1.54, 1.807) is 16.7 Å². The van der Waals surface area contributed by atoms with Gasteiger partial charge in [-0.3, -0.25) is 4.79 Å². The summed E-state index contributed by atoms with van der Waals surface area (Å²) in [6, 6.07) is 13.3. The molecule has 1 aliphatic heterocycles. The second kappa shape index (κ2) is 8.75. The average molecular weight is 476 g/mol. The predicted octanol–water partition coefficient (Wildman–Crippen LogP) is 4.79. The van der Waals surface area contributed by atoms with Gasteiger partial charge in [0.25, 0.3) is 5.91 Å². The predicted molar refractivity (Wildman–Crippen MR) is 119 cm³/mol. The van der Waals surface area contributed by atoms with Crippen LogP contribution in [-0.4, -0.2) is 43.8 Å². The Bertz CT molecular complexity index is 1190. The normalized spacial score (nSPS) is 15.6. The van der Waals surface area contributed by atoms with Gasteiger partial charge in [0.2, 0.25) is 5.60 Å². The van der Waals surface area contributed by atoms with Crippen molar-refractivity contribution in [3.05, 3.63) is 65.7 Å². The van der Waals surface area contributed by atoms with Crippen LogP contribution in [-0.2, 0) is 17.9 Å². The topological polar surface area (TPSA) is 70.4 Å². The molecular formula is C24H24F4N4O2. The molecule has 0 bridgehead atoms. The molecule has 4 rings (SSSR count). The molecule has 10 heteroatoms. The molecule has 34 heavy (non-hydrogen) atoms. The Balaban J connectivity index is 1.72. The lowest BCUT2D eigenvalue weighted by molar-refractivity contribution is -0.257. The van der Waals surface area contributed by atoms with E-state index in [1.807, 2.05) is 31.2 Å². The van der Waals surface area contributed by atoms with Gasteiger partial charge in [-0.1, -0.05) is 24.6 Å². The van der Waals surface area contributed by atoms with Gasteiger partial charge in [-0.25, -0.2) is 9.37 Å². The number of hydrogen-bond donors (Lipinski definition) is 2. The number of fused-ring (bicyclic) bond motifs is 1. The fraction of sp³-hybridized carbons (Fsp3) is 0.333. The van der Waals surface area contributed by atoms with E-state index in [9.17, 15) is 27.5 Å². The van der Waals surface area contributed by atoms with E-state index in [0.717, 1.165) is 23.1 Å². The Morgan fingerprint density at radius 1 is 1.09 bits per heavy atom. The Morgan fingerprint density at radius 2 is 1.74 bits per heavy atom. The van der Waals surface area contributed by atoms with Crippen LogP contribution in [0.25, 0.3) is 11.3 Å². The maximum Gasteiger partial charge on any atom is 0.426 e. The first kappa shape index (κ1) is 23.7. The number of aromatic nitrogens is 2. The third-order valence-corrected chi connectivity index (χ3v) is 6.03. The van der Waals surface area contributed by atoms with Gasteiger partial charge in [-0.2, -0.15) is 13.2 Å². The highest BCUT2D eigenvalue weighted by Crippen LogP contribution is 2.37. The van der Waals surface area contributed by atoms with Crippen molar-refractivity contribution < 1.29 is 27.5 Å². The molecule has 1 atom stereocenters. The average Bonchev–Trinajstić information content (AvgIpc) is 3.16. The van der Waals surface area contributed by atoms with Crippen LogP contribution in [0.2, 0.25) is 0 Å². The second-order valence-corrected chi connectivity index (χ2v) is 8.31. The van der Waals surface area contributed by atoms with Crippen LogP contribution in [0.15, 0.2) is 48.5 Å². The number of anilines is 2. The number of halogens is 4. The van der Waals surface area contributed by atoms with Gasteiger partial charge in [0.05, 0.1) is 6.54 Å². The quantitative estimate of drug-likeness (QED) is 0.520. The number of hydrogen-bond acceptors (Lipinski definition) is 4. The number of carbonyl (C=O) groups excluding carboxylic acids is 1. The number of nitrogens with zero attached hydrogens (tertiary/aromatic N) is 3. The first-order chi connectivity index (χ1) is 16.0. The van der Waals surface area contributed by atoms with Crippen LogP contribution >= 0.6 is 0 Å². The van der Waals surface area contributed by atoms with Gasteiger partial charge < -0.3 is 19.9 Å². The van der Waals surface area contributed by atoms with Crippen molar-refractivity contribution in [1.29, 1.82) is 0 Å². The van der Waals surface area contributed by atoms with E-state index in [4.69, 9.17) is 0 Å². The van der Waals surface area contributed by atoms with Crippen LogP contribution in [0.4, 0.5) is 29.1 Å². The van der Waals surface area contributed by atoms with E-state index < -0.39 is 29.9 Å². The van der Waals surface area contributed by atoms with Crippen molar-refractivity contribution in [2.24, 2.45) is 0 Å². The summed E-state index contributed by atoms with van der Waals surface area (Å²) in [5.41, 5.74) is -0.526. The largest absolute Gasteiger partial charge is 0.426 e. The number of aliphatic hydroxyl groups is 1. The Morgan fingerprint density at radius 3 is 2.32 bits per heavy atom. The lowest BCUT2D eigenvalue weighted by atomic mass is 9.97. The van der Waals surface area contributed by atoms with Gasteiger partial charge in [0.15, 0.2) is 0 Å². The van der Waals surface area contributed by atoms with Gasteiger partial charge in [-0.15, -0.1) is 0 Å². The Kier molecular flexibility index (Phi) is 6.11. The first-order valence-electron chi connectivity index (χ1n) is 10.8. The number of carbonyl (C=O) groups is 1.